The lowest BCUT2D eigenvalue weighted by molar-refractivity contribution is -0.142. The van der Waals surface area contributed by atoms with Crippen LogP contribution in [-0.4, -0.2) is 24.6 Å². The summed E-state index contributed by atoms with van der Waals surface area (Å²) in [4.78, 5) is 23.5. The molecule has 1 aliphatic rings. The van der Waals surface area contributed by atoms with Crippen LogP contribution >= 0.6 is 11.8 Å². The van der Waals surface area contributed by atoms with Gasteiger partial charge >= 0.3 is 5.97 Å². The molecular weight excluding hydrogens is 279 g/mol. The lowest BCUT2D eigenvalue weighted by atomic mass is 9.99. The Labute approximate surface area is 121 Å². The second-order valence-electron chi connectivity index (χ2n) is 4.56. The summed E-state index contributed by atoms with van der Waals surface area (Å²) in [7, 11) is 1.30. The van der Waals surface area contributed by atoms with E-state index in [1.165, 1.54) is 24.9 Å². The molecule has 1 aromatic rings. The molecule has 1 atom stereocenters. The minimum atomic E-state index is -0.515. The summed E-state index contributed by atoms with van der Waals surface area (Å²) in [5, 5.41) is 0. The number of hydrogen-bond acceptors (Lipinski definition) is 4. The number of allylic oxidation sites excluding steroid dienone is 1. The highest BCUT2D eigenvalue weighted by atomic mass is 32.2. The molecule has 1 fully saturated rings. The van der Waals surface area contributed by atoms with E-state index in [9.17, 15) is 14.0 Å². The van der Waals surface area contributed by atoms with Crippen LogP contribution in [0.1, 0.15) is 30.4 Å². The molecule has 0 radical (unpaired) electrons. The molecule has 0 spiro atoms. The summed E-state index contributed by atoms with van der Waals surface area (Å²) in [6.07, 6.45) is 2.08. The normalized spacial score (nSPS) is 18.4. The zero-order chi connectivity index (χ0) is 14.7. The number of rotatable bonds is 3. The van der Waals surface area contributed by atoms with Gasteiger partial charge in [-0.05, 0) is 24.6 Å². The molecule has 0 amide bonds. The van der Waals surface area contributed by atoms with Crippen LogP contribution in [0.2, 0.25) is 0 Å². The Kier molecular flexibility index (Phi) is 4.60. The number of benzene rings is 1. The van der Waals surface area contributed by atoms with Gasteiger partial charge in [0.15, 0.2) is 5.78 Å². The van der Waals surface area contributed by atoms with E-state index in [-0.39, 0.29) is 5.78 Å². The summed E-state index contributed by atoms with van der Waals surface area (Å²) in [6, 6.07) is 4.59. The minimum absolute atomic E-state index is 0.0569. The van der Waals surface area contributed by atoms with E-state index < -0.39 is 17.7 Å². The van der Waals surface area contributed by atoms with Gasteiger partial charge in [-0.15, -0.1) is 11.8 Å². The molecule has 0 aromatic heterocycles. The van der Waals surface area contributed by atoms with Gasteiger partial charge in [0.1, 0.15) is 5.82 Å². The Morgan fingerprint density at radius 2 is 2.25 bits per heavy atom. The highest BCUT2D eigenvalue weighted by Gasteiger charge is 2.20. The van der Waals surface area contributed by atoms with Gasteiger partial charge in [0.2, 0.25) is 0 Å². The van der Waals surface area contributed by atoms with E-state index in [4.69, 9.17) is 0 Å². The quantitative estimate of drug-likeness (QED) is 0.634. The predicted octanol–water partition coefficient (Wildman–Crippen LogP) is 3.15. The van der Waals surface area contributed by atoms with Crippen LogP contribution in [0.25, 0.3) is 6.08 Å². The van der Waals surface area contributed by atoms with Crippen molar-refractivity contribution >= 4 is 29.6 Å². The Morgan fingerprint density at radius 1 is 1.50 bits per heavy atom. The molecule has 2 rings (SSSR count). The number of esters is 1. The SMILES string of the molecule is COC(=O)C(C)c1ccc(C=C2SCCC2=O)c(F)c1. The molecule has 1 saturated heterocycles. The maximum atomic E-state index is 14.0. The van der Waals surface area contributed by atoms with Crippen molar-refractivity contribution in [2.75, 3.05) is 12.9 Å². The first-order chi connectivity index (χ1) is 9.52. The van der Waals surface area contributed by atoms with Gasteiger partial charge in [0.25, 0.3) is 0 Å². The summed E-state index contributed by atoms with van der Waals surface area (Å²) < 4.78 is 18.7. The molecule has 1 aliphatic heterocycles. The van der Waals surface area contributed by atoms with Gasteiger partial charge in [-0.1, -0.05) is 12.1 Å². The molecule has 0 saturated carbocycles. The van der Waals surface area contributed by atoms with Crippen LogP contribution in [0.3, 0.4) is 0 Å². The van der Waals surface area contributed by atoms with Gasteiger partial charge in [0.05, 0.1) is 17.9 Å². The lowest BCUT2D eigenvalue weighted by Gasteiger charge is -2.10. The molecule has 106 valence electrons. The number of carbonyl (C=O) groups is 2. The number of carbonyl (C=O) groups excluding carboxylic acids is 2. The van der Waals surface area contributed by atoms with E-state index in [0.717, 1.165) is 5.75 Å². The highest BCUT2D eigenvalue weighted by Crippen LogP contribution is 2.30. The van der Waals surface area contributed by atoms with Gasteiger partial charge < -0.3 is 4.74 Å². The summed E-state index contributed by atoms with van der Waals surface area (Å²) in [6.45, 7) is 1.66. The van der Waals surface area contributed by atoms with E-state index in [1.807, 2.05) is 0 Å². The van der Waals surface area contributed by atoms with E-state index in [2.05, 4.69) is 4.74 Å². The number of thioether (sulfide) groups is 1. The Morgan fingerprint density at radius 3 is 2.80 bits per heavy atom. The van der Waals surface area contributed by atoms with Crippen molar-refractivity contribution in [3.8, 4) is 0 Å². The predicted molar refractivity (Wildman–Crippen MR) is 76.9 cm³/mol. The van der Waals surface area contributed by atoms with Gasteiger partial charge in [-0.2, -0.15) is 0 Å². The lowest BCUT2D eigenvalue weighted by Crippen LogP contribution is -2.11. The molecule has 3 nitrogen and oxygen atoms in total. The molecule has 20 heavy (non-hydrogen) atoms. The van der Waals surface area contributed by atoms with Crippen molar-refractivity contribution in [1.29, 1.82) is 0 Å². The van der Waals surface area contributed by atoms with Gasteiger partial charge in [-0.3, -0.25) is 9.59 Å². The number of methoxy groups -OCH3 is 1. The van der Waals surface area contributed by atoms with Crippen LogP contribution < -0.4 is 0 Å². The summed E-state index contributed by atoms with van der Waals surface area (Å²) in [5.74, 6) is -0.549. The van der Waals surface area contributed by atoms with Crippen LogP contribution in [0.4, 0.5) is 4.39 Å². The first-order valence-electron chi connectivity index (χ1n) is 6.28. The summed E-state index contributed by atoms with van der Waals surface area (Å²) in [5.41, 5.74) is 0.922. The van der Waals surface area contributed by atoms with Crippen molar-refractivity contribution in [1.82, 2.24) is 0 Å². The molecule has 5 heteroatoms. The van der Waals surface area contributed by atoms with Crippen molar-refractivity contribution in [2.24, 2.45) is 0 Å². The number of hydrogen-bond donors (Lipinski definition) is 0. The first-order valence-corrected chi connectivity index (χ1v) is 7.26. The Bertz CT molecular complexity index is 580. The molecule has 1 unspecified atom stereocenters. The van der Waals surface area contributed by atoms with Crippen LogP contribution in [0.5, 0.6) is 0 Å². The van der Waals surface area contributed by atoms with Crippen molar-refractivity contribution < 1.29 is 18.7 Å². The van der Waals surface area contributed by atoms with Crippen LogP contribution in [-0.2, 0) is 14.3 Å². The molecule has 1 heterocycles. The fourth-order valence-corrected chi connectivity index (χ4v) is 2.94. The third kappa shape index (κ3) is 3.10. The third-order valence-electron chi connectivity index (χ3n) is 3.23. The fraction of sp³-hybridized carbons (Fsp3) is 0.333. The molecule has 0 aliphatic carbocycles. The van der Waals surface area contributed by atoms with E-state index in [0.29, 0.717) is 22.5 Å². The molecule has 0 N–H and O–H groups in total. The highest BCUT2D eigenvalue weighted by molar-refractivity contribution is 8.04. The van der Waals surface area contributed by atoms with Gasteiger partial charge in [0, 0.05) is 17.7 Å². The van der Waals surface area contributed by atoms with Gasteiger partial charge in [-0.25, -0.2) is 4.39 Å². The molecule has 1 aromatic carbocycles. The fourth-order valence-electron chi connectivity index (χ4n) is 1.96. The topological polar surface area (TPSA) is 43.4 Å². The smallest absolute Gasteiger partial charge is 0.312 e. The second kappa shape index (κ2) is 6.22. The number of Topliss-reactive ketones (excluding diaryl/α,β-unsaturated/α-hetero) is 1. The van der Waals surface area contributed by atoms with E-state index in [1.54, 1.807) is 25.1 Å². The second-order valence-corrected chi connectivity index (χ2v) is 5.69. The standard InChI is InChI=1S/C15H15FO3S/c1-9(15(18)19-2)10-3-4-11(12(16)7-10)8-14-13(17)5-6-20-14/h3-4,7-9H,5-6H2,1-2H3. The largest absolute Gasteiger partial charge is 0.469 e. The minimum Gasteiger partial charge on any atom is -0.469 e. The summed E-state index contributed by atoms with van der Waals surface area (Å²) >= 11 is 1.44. The number of ketones is 1. The monoisotopic (exact) mass is 294 g/mol. The van der Waals surface area contributed by atoms with Crippen molar-refractivity contribution in [2.45, 2.75) is 19.3 Å². The van der Waals surface area contributed by atoms with Crippen molar-refractivity contribution in [3.63, 3.8) is 0 Å². The third-order valence-corrected chi connectivity index (χ3v) is 4.29. The molecule has 0 bridgehead atoms. The Hall–Kier alpha value is -1.62. The molecular formula is C15H15FO3S. The average Bonchev–Trinajstić information content (AvgIpc) is 2.84. The maximum Gasteiger partial charge on any atom is 0.312 e. The zero-order valence-electron chi connectivity index (χ0n) is 11.3. The Balaban J connectivity index is 2.26. The number of halogens is 1. The van der Waals surface area contributed by atoms with Crippen LogP contribution in [0, 0.1) is 5.82 Å². The maximum absolute atomic E-state index is 14.0. The van der Waals surface area contributed by atoms with E-state index >= 15 is 0 Å². The number of ether oxygens (including phenoxy) is 1. The van der Waals surface area contributed by atoms with Crippen LogP contribution in [0.15, 0.2) is 23.1 Å². The van der Waals surface area contributed by atoms with Crippen molar-refractivity contribution in [3.05, 3.63) is 40.0 Å². The first kappa shape index (κ1) is 14.8. The zero-order valence-corrected chi connectivity index (χ0v) is 12.1. The average molecular weight is 294 g/mol.